The highest BCUT2D eigenvalue weighted by molar-refractivity contribution is 6.08. The molecule has 0 unspecified atom stereocenters. The lowest BCUT2D eigenvalue weighted by atomic mass is 10.00. The molecule has 0 fully saturated rings. The van der Waals surface area contributed by atoms with Crippen molar-refractivity contribution in [2.45, 2.75) is 0 Å². The van der Waals surface area contributed by atoms with Crippen LogP contribution in [0, 0.1) is 0 Å². The lowest BCUT2D eigenvalue weighted by molar-refractivity contribution is 0.668. The van der Waals surface area contributed by atoms with Crippen molar-refractivity contribution < 1.29 is 13.3 Å². The first-order chi connectivity index (χ1) is 29.2. The second kappa shape index (κ2) is 13.3. The average molecular weight is 759 g/mol. The second-order valence-corrected chi connectivity index (χ2v) is 14.9. The van der Waals surface area contributed by atoms with Crippen LogP contribution in [0.15, 0.2) is 220 Å². The minimum atomic E-state index is 0.836. The van der Waals surface area contributed by atoms with E-state index in [9.17, 15) is 0 Å². The van der Waals surface area contributed by atoms with Crippen LogP contribution < -0.4 is 9.80 Å². The molecule has 3 heterocycles. The summed E-state index contributed by atoms with van der Waals surface area (Å²) in [6.45, 7) is 0. The van der Waals surface area contributed by atoms with Crippen molar-refractivity contribution in [2.24, 2.45) is 0 Å². The molecule has 0 spiro atoms. The average Bonchev–Trinajstić information content (AvgIpc) is 3.98. The van der Waals surface area contributed by atoms with Crippen molar-refractivity contribution in [3.05, 3.63) is 206 Å². The maximum absolute atomic E-state index is 6.46. The van der Waals surface area contributed by atoms with E-state index in [0.717, 1.165) is 111 Å². The van der Waals surface area contributed by atoms with Gasteiger partial charge in [-0.15, -0.1) is 0 Å². The van der Waals surface area contributed by atoms with Gasteiger partial charge in [0.1, 0.15) is 33.5 Å². The van der Waals surface area contributed by atoms with E-state index in [-0.39, 0.29) is 0 Å². The van der Waals surface area contributed by atoms with Crippen LogP contribution in [0.1, 0.15) is 0 Å². The highest BCUT2D eigenvalue weighted by atomic mass is 16.3. The van der Waals surface area contributed by atoms with Crippen molar-refractivity contribution in [1.82, 2.24) is 0 Å². The van der Waals surface area contributed by atoms with Gasteiger partial charge in [-0.3, -0.25) is 0 Å². The normalized spacial score (nSPS) is 11.7. The van der Waals surface area contributed by atoms with Gasteiger partial charge in [-0.25, -0.2) is 0 Å². The van der Waals surface area contributed by atoms with Gasteiger partial charge in [0.25, 0.3) is 0 Å². The number of nitrogens with zero attached hydrogens (tertiary/aromatic N) is 2. The number of para-hydroxylation sites is 5. The van der Waals surface area contributed by atoms with Gasteiger partial charge in [-0.1, -0.05) is 97.1 Å². The monoisotopic (exact) mass is 758 g/mol. The van der Waals surface area contributed by atoms with Crippen molar-refractivity contribution in [3.8, 4) is 11.1 Å². The second-order valence-electron chi connectivity index (χ2n) is 14.9. The summed E-state index contributed by atoms with van der Waals surface area (Å²) in [4.78, 5) is 4.63. The van der Waals surface area contributed by atoms with E-state index in [4.69, 9.17) is 13.3 Å². The number of fused-ring (bicyclic) bond motifs is 9. The maximum Gasteiger partial charge on any atom is 0.137 e. The van der Waals surface area contributed by atoms with Gasteiger partial charge in [0, 0.05) is 78.6 Å². The predicted molar refractivity (Wildman–Crippen MR) is 243 cm³/mol. The molecule has 0 atom stereocenters. The Morgan fingerprint density at radius 1 is 0.220 bits per heavy atom. The molecule has 0 bridgehead atoms. The Morgan fingerprint density at radius 2 is 0.627 bits per heavy atom. The van der Waals surface area contributed by atoms with Gasteiger partial charge < -0.3 is 23.1 Å². The van der Waals surface area contributed by atoms with Crippen LogP contribution in [0.3, 0.4) is 0 Å². The van der Waals surface area contributed by atoms with Crippen molar-refractivity contribution in [2.75, 3.05) is 9.80 Å². The molecule has 5 nitrogen and oxygen atoms in total. The Morgan fingerprint density at radius 3 is 1.14 bits per heavy atom. The Labute approximate surface area is 339 Å². The lowest BCUT2D eigenvalue weighted by Gasteiger charge is -2.30. The Kier molecular flexibility index (Phi) is 7.47. The van der Waals surface area contributed by atoms with Gasteiger partial charge in [-0.2, -0.15) is 0 Å². The number of anilines is 6. The van der Waals surface area contributed by atoms with Crippen molar-refractivity contribution >= 4 is 99.9 Å². The zero-order chi connectivity index (χ0) is 38.9. The lowest BCUT2D eigenvalue weighted by Crippen LogP contribution is -2.13. The molecule has 12 rings (SSSR count). The summed E-state index contributed by atoms with van der Waals surface area (Å²) in [5.41, 5.74) is 13.3. The molecule has 3 aromatic heterocycles. The zero-order valence-corrected chi connectivity index (χ0v) is 31.7. The van der Waals surface area contributed by atoms with E-state index in [1.165, 1.54) is 0 Å². The molecule has 0 aliphatic carbocycles. The molecular weight excluding hydrogens is 725 g/mol. The molecular formula is C54H34N2O3. The highest BCUT2D eigenvalue weighted by Gasteiger charge is 2.22. The third-order valence-electron chi connectivity index (χ3n) is 11.4. The van der Waals surface area contributed by atoms with Crippen molar-refractivity contribution in [3.63, 3.8) is 0 Å². The SMILES string of the molecule is c1ccc(N(c2cc(-c3ccc4oc5ccccc5c4c3)cc(N(c3ccccc3)c3ccc4c(c3)oc3ccccc34)c2)c2ccc3c(c2)oc2ccccc23)cc1. The molecule has 9 aromatic carbocycles. The van der Waals surface area contributed by atoms with Crippen LogP contribution in [0.5, 0.6) is 0 Å². The number of furan rings is 3. The van der Waals surface area contributed by atoms with E-state index in [1.54, 1.807) is 0 Å². The van der Waals surface area contributed by atoms with Crippen LogP contribution >= 0.6 is 0 Å². The maximum atomic E-state index is 6.46. The molecule has 278 valence electrons. The number of rotatable bonds is 7. The minimum Gasteiger partial charge on any atom is -0.456 e. The van der Waals surface area contributed by atoms with Gasteiger partial charge >= 0.3 is 0 Å². The quantitative estimate of drug-likeness (QED) is 0.162. The Balaban J connectivity index is 1.12. The Bertz CT molecular complexity index is 3350. The molecule has 0 saturated carbocycles. The molecule has 0 N–H and O–H groups in total. The molecule has 0 aliphatic rings. The number of hydrogen-bond donors (Lipinski definition) is 0. The van der Waals surface area contributed by atoms with Crippen LogP contribution in [0.25, 0.3) is 76.9 Å². The van der Waals surface area contributed by atoms with E-state index >= 15 is 0 Å². The third kappa shape index (κ3) is 5.55. The van der Waals surface area contributed by atoms with Crippen molar-refractivity contribution in [1.29, 1.82) is 0 Å². The summed E-state index contributed by atoms with van der Waals surface area (Å²) in [7, 11) is 0. The van der Waals surface area contributed by atoms with E-state index in [1.807, 2.05) is 36.4 Å². The van der Waals surface area contributed by atoms with Crippen LogP contribution in [-0.4, -0.2) is 0 Å². The summed E-state index contributed by atoms with van der Waals surface area (Å²) >= 11 is 0. The standard InChI is InChI=1S/C54H34N2O3/c1-3-13-37(14-4-1)55(39-24-26-46-43-17-7-10-20-49(43)58-53(46)33-39)41-29-36(35-23-28-52-48(31-35)45-19-9-12-22-51(45)57-52)30-42(32-41)56(38-15-5-2-6-16-38)40-25-27-47-44-18-8-11-21-50(44)59-54(47)34-40/h1-34H. The molecule has 0 aliphatic heterocycles. The first-order valence-corrected chi connectivity index (χ1v) is 19.8. The topological polar surface area (TPSA) is 45.9 Å². The first-order valence-electron chi connectivity index (χ1n) is 19.8. The van der Waals surface area contributed by atoms with E-state index in [0.29, 0.717) is 0 Å². The molecule has 0 amide bonds. The summed E-state index contributed by atoms with van der Waals surface area (Å²) in [6.07, 6.45) is 0. The summed E-state index contributed by atoms with van der Waals surface area (Å²) in [5, 5.41) is 6.55. The van der Waals surface area contributed by atoms with Gasteiger partial charge in [0.05, 0.1) is 0 Å². The smallest absolute Gasteiger partial charge is 0.137 e. The van der Waals surface area contributed by atoms with E-state index in [2.05, 4.69) is 180 Å². The largest absolute Gasteiger partial charge is 0.456 e. The molecule has 12 aromatic rings. The zero-order valence-electron chi connectivity index (χ0n) is 31.7. The Hall–Kier alpha value is -8.02. The predicted octanol–water partition coefficient (Wildman–Crippen LogP) is 16.0. The third-order valence-corrected chi connectivity index (χ3v) is 11.4. The first kappa shape index (κ1) is 33.2. The fraction of sp³-hybridized carbons (Fsp3) is 0. The summed E-state index contributed by atoms with van der Waals surface area (Å²) < 4.78 is 19.2. The van der Waals surface area contributed by atoms with Gasteiger partial charge in [0.15, 0.2) is 0 Å². The van der Waals surface area contributed by atoms with Crippen LogP contribution in [0.2, 0.25) is 0 Å². The van der Waals surface area contributed by atoms with Crippen LogP contribution in [0.4, 0.5) is 34.1 Å². The highest BCUT2D eigenvalue weighted by Crippen LogP contribution is 2.46. The van der Waals surface area contributed by atoms with Gasteiger partial charge in [-0.05, 0) is 108 Å². The molecule has 5 heteroatoms. The molecule has 59 heavy (non-hydrogen) atoms. The van der Waals surface area contributed by atoms with E-state index < -0.39 is 0 Å². The summed E-state index contributed by atoms with van der Waals surface area (Å²) in [6, 6.07) is 72.2. The number of benzene rings is 9. The van der Waals surface area contributed by atoms with Gasteiger partial charge in [0.2, 0.25) is 0 Å². The fourth-order valence-corrected chi connectivity index (χ4v) is 8.68. The minimum absolute atomic E-state index is 0.836. The number of hydrogen-bond acceptors (Lipinski definition) is 5. The molecule has 0 radical (unpaired) electrons. The molecule has 0 saturated heterocycles. The fourth-order valence-electron chi connectivity index (χ4n) is 8.68. The summed E-state index contributed by atoms with van der Waals surface area (Å²) in [5.74, 6) is 0. The van der Waals surface area contributed by atoms with Crippen LogP contribution in [-0.2, 0) is 0 Å².